The van der Waals surface area contributed by atoms with E-state index in [2.05, 4.69) is 10.0 Å². The maximum atomic E-state index is 9.95. The van der Waals surface area contributed by atoms with Crippen LogP contribution in [0.4, 0.5) is 0 Å². The van der Waals surface area contributed by atoms with E-state index in [4.69, 9.17) is 0 Å². The van der Waals surface area contributed by atoms with Gasteiger partial charge in [0, 0.05) is 19.6 Å². The second-order valence-corrected chi connectivity index (χ2v) is 2.97. The van der Waals surface area contributed by atoms with Gasteiger partial charge in [-0.2, -0.15) is 0 Å². The molecule has 1 aliphatic heterocycles. The quantitative estimate of drug-likeness (QED) is 0.483. The van der Waals surface area contributed by atoms with Gasteiger partial charge in [0.1, 0.15) is 0 Å². The average molecular weight is 187 g/mol. The molecule has 0 radical (unpaired) electrons. The van der Waals surface area contributed by atoms with Crippen LogP contribution in [0, 0.1) is 5.92 Å². The van der Waals surface area contributed by atoms with Crippen LogP contribution in [0.5, 0.6) is 0 Å². The Hall–Kier alpha value is 0.160. The molecule has 0 aromatic rings. The summed E-state index contributed by atoms with van der Waals surface area (Å²) in [5, 5.41) is 3.05. The minimum atomic E-state index is -2.38. The molecule has 10 heavy (non-hydrogen) atoms. The highest BCUT2D eigenvalue weighted by Gasteiger charge is 2.15. The summed E-state index contributed by atoms with van der Waals surface area (Å²) in [5.74, 6) is 0.512. The van der Waals surface area contributed by atoms with E-state index in [1.165, 1.54) is 0 Å². The van der Waals surface area contributed by atoms with E-state index in [0.717, 1.165) is 13.1 Å². The first-order valence-corrected chi connectivity index (χ1v) is 4.05. The Morgan fingerprint density at radius 2 is 2.10 bits per heavy atom. The number of halogens is 1. The molecule has 1 aliphatic rings. The Morgan fingerprint density at radius 1 is 1.50 bits per heavy atom. The molecule has 0 aromatic carbocycles. The molecule has 6 heteroatoms. The highest BCUT2D eigenvalue weighted by atomic mass is 35.5. The fourth-order valence-corrected chi connectivity index (χ4v) is 1.10. The lowest BCUT2D eigenvalue weighted by atomic mass is 10.1. The summed E-state index contributed by atoms with van der Waals surface area (Å²) in [6.45, 7) is 2.47. The largest absolute Gasteiger partial charge is 0.316 e. The molecule has 0 amide bonds. The van der Waals surface area contributed by atoms with Gasteiger partial charge in [-0.1, -0.05) is 0 Å². The molecule has 0 aromatic heterocycles. The van der Waals surface area contributed by atoms with Crippen LogP contribution >= 0.6 is 12.4 Å². The van der Waals surface area contributed by atoms with Gasteiger partial charge in [0.2, 0.25) is 10.9 Å². The topological polar surface area (TPSA) is 58.2 Å². The van der Waals surface area contributed by atoms with E-state index in [9.17, 15) is 8.42 Å². The van der Waals surface area contributed by atoms with Crippen LogP contribution in [-0.4, -0.2) is 28.1 Å². The summed E-state index contributed by atoms with van der Waals surface area (Å²) in [6.07, 6.45) is 0. The number of rotatable bonds is 3. The zero-order chi connectivity index (χ0) is 6.69. The molecule has 0 unspecified atom stereocenters. The molecule has 0 saturated carbocycles. The van der Waals surface area contributed by atoms with E-state index < -0.39 is 10.9 Å². The molecular weight excluding hydrogens is 176 g/mol. The lowest BCUT2D eigenvalue weighted by Gasteiger charge is -2.25. The standard InChI is InChI=1S/C4H10N2O2S.ClH/c7-9(8)6-3-4-1-5-2-4;/h4-5,9H,1-3H2,(H,6,7,8);1H. The van der Waals surface area contributed by atoms with Crippen molar-refractivity contribution in [3.8, 4) is 0 Å². The van der Waals surface area contributed by atoms with E-state index in [1.54, 1.807) is 0 Å². The van der Waals surface area contributed by atoms with Crippen molar-refractivity contribution in [1.82, 2.24) is 10.0 Å². The highest BCUT2D eigenvalue weighted by Crippen LogP contribution is 1.98. The second-order valence-electron chi connectivity index (χ2n) is 2.14. The summed E-state index contributed by atoms with van der Waals surface area (Å²) in [6, 6.07) is 0. The van der Waals surface area contributed by atoms with Gasteiger partial charge in [-0.15, -0.1) is 12.4 Å². The number of hydrogen-bond donors (Lipinski definition) is 3. The van der Waals surface area contributed by atoms with Gasteiger partial charge in [-0.3, -0.25) is 0 Å². The van der Waals surface area contributed by atoms with Gasteiger partial charge in [-0.25, -0.2) is 13.1 Å². The summed E-state index contributed by atoms with van der Waals surface area (Å²) in [5.41, 5.74) is 0. The molecule has 62 valence electrons. The Morgan fingerprint density at radius 3 is 2.40 bits per heavy atom. The fraction of sp³-hybridized carbons (Fsp3) is 1.00. The smallest absolute Gasteiger partial charge is 0.201 e. The lowest BCUT2D eigenvalue weighted by molar-refractivity contribution is 0.348. The Kier molecular flexibility index (Phi) is 4.98. The van der Waals surface area contributed by atoms with Crippen molar-refractivity contribution >= 4 is 23.3 Å². The Bertz CT molecular complexity index is 149. The van der Waals surface area contributed by atoms with Crippen LogP contribution in [0.1, 0.15) is 0 Å². The summed E-state index contributed by atoms with van der Waals surface area (Å²) >= 11 is 0. The molecule has 0 aliphatic carbocycles. The minimum Gasteiger partial charge on any atom is -0.316 e. The zero-order valence-corrected chi connectivity index (χ0v) is 7.08. The first-order valence-electron chi connectivity index (χ1n) is 2.87. The van der Waals surface area contributed by atoms with Crippen molar-refractivity contribution in [2.45, 2.75) is 0 Å². The Labute approximate surface area is 67.9 Å². The van der Waals surface area contributed by atoms with Crippen LogP contribution in [0.15, 0.2) is 0 Å². The van der Waals surface area contributed by atoms with Gasteiger partial charge in [0.15, 0.2) is 0 Å². The highest BCUT2D eigenvalue weighted by molar-refractivity contribution is 7.70. The third-order valence-electron chi connectivity index (χ3n) is 1.38. The van der Waals surface area contributed by atoms with Crippen molar-refractivity contribution in [2.75, 3.05) is 19.6 Å². The molecule has 4 nitrogen and oxygen atoms in total. The van der Waals surface area contributed by atoms with Gasteiger partial charge in [0.05, 0.1) is 0 Å². The minimum absolute atomic E-state index is 0. The second kappa shape index (κ2) is 4.90. The van der Waals surface area contributed by atoms with E-state index >= 15 is 0 Å². The van der Waals surface area contributed by atoms with Gasteiger partial charge >= 0.3 is 0 Å². The molecule has 1 rings (SSSR count). The number of nitrogens with one attached hydrogen (secondary N) is 2. The lowest BCUT2D eigenvalue weighted by Crippen LogP contribution is -2.46. The van der Waals surface area contributed by atoms with Crippen LogP contribution in [0.2, 0.25) is 0 Å². The monoisotopic (exact) mass is 186 g/mol. The van der Waals surface area contributed by atoms with Gasteiger partial charge in [-0.05, 0) is 5.92 Å². The van der Waals surface area contributed by atoms with Crippen molar-refractivity contribution in [3.05, 3.63) is 0 Å². The average Bonchev–Trinajstić information content (AvgIpc) is 1.60. The molecule has 1 heterocycles. The fourth-order valence-electron chi connectivity index (χ4n) is 0.696. The summed E-state index contributed by atoms with van der Waals surface area (Å²) in [4.78, 5) is 0. The molecular formula is C4H11ClN2O2S. The molecule has 0 spiro atoms. The molecule has 0 atom stereocenters. The van der Waals surface area contributed by atoms with Crippen molar-refractivity contribution < 1.29 is 8.42 Å². The predicted octanol–water partition coefficient (Wildman–Crippen LogP) is -1.26. The van der Waals surface area contributed by atoms with Gasteiger partial charge in [0.25, 0.3) is 0 Å². The third kappa shape index (κ3) is 3.36. The van der Waals surface area contributed by atoms with Crippen LogP contribution < -0.4 is 10.0 Å². The SMILES string of the molecule is Cl.O=[SH](=O)NCC1CNC1. The van der Waals surface area contributed by atoms with Crippen LogP contribution in [-0.2, 0) is 10.9 Å². The summed E-state index contributed by atoms with van der Waals surface area (Å²) < 4.78 is 22.3. The predicted molar refractivity (Wildman–Crippen MR) is 41.9 cm³/mol. The van der Waals surface area contributed by atoms with Crippen molar-refractivity contribution in [3.63, 3.8) is 0 Å². The molecule has 1 fully saturated rings. The molecule has 2 N–H and O–H groups in total. The zero-order valence-electron chi connectivity index (χ0n) is 5.37. The first kappa shape index (κ1) is 10.2. The van der Waals surface area contributed by atoms with E-state index in [1.807, 2.05) is 0 Å². The number of hydrogen-bond acceptors (Lipinski definition) is 3. The van der Waals surface area contributed by atoms with E-state index in [-0.39, 0.29) is 12.4 Å². The van der Waals surface area contributed by atoms with Gasteiger partial charge < -0.3 is 5.32 Å². The van der Waals surface area contributed by atoms with Crippen LogP contribution in [0.25, 0.3) is 0 Å². The summed E-state index contributed by atoms with van der Waals surface area (Å²) in [7, 11) is -2.38. The first-order chi connectivity index (χ1) is 4.29. The Balaban J connectivity index is 0.000000810. The number of thiol groups is 1. The normalized spacial score (nSPS) is 18.1. The maximum absolute atomic E-state index is 9.95. The molecule has 1 saturated heterocycles. The third-order valence-corrected chi connectivity index (χ3v) is 1.82. The molecule has 0 bridgehead atoms. The van der Waals surface area contributed by atoms with Crippen LogP contribution in [0.3, 0.4) is 0 Å². The van der Waals surface area contributed by atoms with E-state index in [0.29, 0.717) is 12.5 Å². The van der Waals surface area contributed by atoms with Crippen molar-refractivity contribution in [1.29, 1.82) is 0 Å². The maximum Gasteiger partial charge on any atom is 0.201 e. The van der Waals surface area contributed by atoms with Crippen molar-refractivity contribution in [2.24, 2.45) is 5.92 Å².